The van der Waals surface area contributed by atoms with Crippen LogP contribution in [0.5, 0.6) is 11.5 Å². The summed E-state index contributed by atoms with van der Waals surface area (Å²) in [6.07, 6.45) is 1.46. The zero-order chi connectivity index (χ0) is 23.4. The van der Waals surface area contributed by atoms with Gasteiger partial charge in [0, 0.05) is 29.4 Å². The molecule has 33 heavy (non-hydrogen) atoms. The van der Waals surface area contributed by atoms with Crippen LogP contribution in [0.3, 0.4) is 0 Å². The summed E-state index contributed by atoms with van der Waals surface area (Å²) in [6, 6.07) is 15.3. The average Bonchev–Trinajstić information content (AvgIpc) is 2.78. The monoisotopic (exact) mass is 501 g/mol. The largest absolute Gasteiger partial charge is 0.456 e. The molecule has 0 saturated heterocycles. The number of anilines is 3. The van der Waals surface area contributed by atoms with E-state index in [1.54, 1.807) is 42.5 Å². The van der Waals surface area contributed by atoms with Gasteiger partial charge in [-0.2, -0.15) is 0 Å². The molecule has 1 aromatic heterocycles. The lowest BCUT2D eigenvalue weighted by Gasteiger charge is -2.13. The van der Waals surface area contributed by atoms with E-state index in [-0.39, 0.29) is 6.03 Å². The van der Waals surface area contributed by atoms with Crippen LogP contribution in [0.25, 0.3) is 10.9 Å². The van der Waals surface area contributed by atoms with Crippen molar-refractivity contribution in [2.75, 3.05) is 17.2 Å². The second-order valence-electron chi connectivity index (χ2n) is 6.89. The van der Waals surface area contributed by atoms with Gasteiger partial charge in [-0.15, -0.1) is 0 Å². The maximum absolute atomic E-state index is 11.9. The molecule has 0 atom stereocenters. The molecule has 3 N–H and O–H groups in total. The van der Waals surface area contributed by atoms with Crippen LogP contribution in [-0.4, -0.2) is 22.5 Å². The maximum atomic E-state index is 11.9. The smallest absolute Gasteiger partial charge is 0.319 e. The first kappa shape index (κ1) is 22.9. The van der Waals surface area contributed by atoms with Crippen molar-refractivity contribution < 1.29 is 9.53 Å². The molecule has 0 aliphatic rings. The van der Waals surface area contributed by atoms with E-state index in [4.69, 9.17) is 39.5 Å². The van der Waals surface area contributed by atoms with Crippen molar-refractivity contribution in [2.24, 2.45) is 0 Å². The molecule has 0 saturated carbocycles. The first-order valence-corrected chi connectivity index (χ1v) is 11.1. The Morgan fingerprint density at radius 2 is 1.73 bits per heavy atom. The highest BCUT2D eigenvalue weighted by Gasteiger charge is 2.10. The SMILES string of the molecule is CCNC(=O)Nc1ccc2ncnc(Nc3ccc(Oc4ccc(Cl)c(Cl)c4)c(Cl)c3)c2c1. The fourth-order valence-electron chi connectivity index (χ4n) is 3.04. The minimum absolute atomic E-state index is 0.285. The summed E-state index contributed by atoms with van der Waals surface area (Å²) < 4.78 is 5.82. The zero-order valence-corrected chi connectivity index (χ0v) is 19.6. The van der Waals surface area contributed by atoms with Crippen LogP contribution in [0.4, 0.5) is 22.0 Å². The third kappa shape index (κ3) is 5.57. The molecule has 4 rings (SSSR count). The predicted molar refractivity (Wildman–Crippen MR) is 134 cm³/mol. The van der Waals surface area contributed by atoms with Gasteiger partial charge in [-0.3, -0.25) is 0 Å². The van der Waals surface area contributed by atoms with Crippen molar-refractivity contribution in [3.63, 3.8) is 0 Å². The lowest BCUT2D eigenvalue weighted by Crippen LogP contribution is -2.28. The van der Waals surface area contributed by atoms with Crippen LogP contribution >= 0.6 is 34.8 Å². The van der Waals surface area contributed by atoms with Crippen LogP contribution in [-0.2, 0) is 0 Å². The van der Waals surface area contributed by atoms with Gasteiger partial charge in [0.05, 0.1) is 20.6 Å². The number of carbonyl (C=O) groups excluding carboxylic acids is 1. The Kier molecular flexibility index (Phi) is 7.03. The number of rotatable bonds is 6. The number of hydrogen-bond acceptors (Lipinski definition) is 5. The normalized spacial score (nSPS) is 10.7. The number of aromatic nitrogens is 2. The summed E-state index contributed by atoms with van der Waals surface area (Å²) in [5.41, 5.74) is 2.04. The first-order chi connectivity index (χ1) is 15.9. The highest BCUT2D eigenvalue weighted by molar-refractivity contribution is 6.42. The number of amides is 2. The van der Waals surface area contributed by atoms with Gasteiger partial charge in [-0.1, -0.05) is 34.8 Å². The number of nitrogens with zero attached hydrogens (tertiary/aromatic N) is 2. The fourth-order valence-corrected chi connectivity index (χ4v) is 3.54. The maximum Gasteiger partial charge on any atom is 0.319 e. The summed E-state index contributed by atoms with van der Waals surface area (Å²) in [4.78, 5) is 20.5. The van der Waals surface area contributed by atoms with E-state index >= 15 is 0 Å². The first-order valence-electron chi connectivity index (χ1n) is 9.92. The van der Waals surface area contributed by atoms with Crippen molar-refractivity contribution in [2.45, 2.75) is 6.92 Å². The van der Waals surface area contributed by atoms with Crippen LogP contribution in [0.15, 0.2) is 60.9 Å². The van der Waals surface area contributed by atoms with Gasteiger partial charge in [0.1, 0.15) is 23.6 Å². The molecule has 0 radical (unpaired) electrons. The highest BCUT2D eigenvalue weighted by atomic mass is 35.5. The number of fused-ring (bicyclic) bond motifs is 1. The Hall–Kier alpha value is -3.26. The molecule has 0 fully saturated rings. The van der Waals surface area contributed by atoms with Crippen molar-refractivity contribution in [1.29, 1.82) is 0 Å². The predicted octanol–water partition coefficient (Wildman–Crippen LogP) is 7.27. The molecule has 10 heteroatoms. The van der Waals surface area contributed by atoms with Crippen molar-refractivity contribution in [3.05, 3.63) is 76.0 Å². The van der Waals surface area contributed by atoms with Crippen LogP contribution in [0.2, 0.25) is 15.1 Å². The number of benzene rings is 3. The molecule has 1 heterocycles. The van der Waals surface area contributed by atoms with E-state index in [1.165, 1.54) is 6.33 Å². The number of urea groups is 1. The summed E-state index contributed by atoms with van der Waals surface area (Å²) >= 11 is 18.4. The molecule has 0 aliphatic heterocycles. The number of nitrogens with one attached hydrogen (secondary N) is 3. The van der Waals surface area contributed by atoms with E-state index in [9.17, 15) is 4.79 Å². The van der Waals surface area contributed by atoms with Crippen LogP contribution in [0, 0.1) is 0 Å². The van der Waals surface area contributed by atoms with E-state index < -0.39 is 0 Å². The third-order valence-corrected chi connectivity index (χ3v) is 5.58. The van der Waals surface area contributed by atoms with Gasteiger partial charge in [0.2, 0.25) is 0 Å². The van der Waals surface area contributed by atoms with Gasteiger partial charge >= 0.3 is 6.03 Å². The number of ether oxygens (including phenoxy) is 1. The van der Waals surface area contributed by atoms with Crippen LogP contribution in [0.1, 0.15) is 6.92 Å². The van der Waals surface area contributed by atoms with Crippen LogP contribution < -0.4 is 20.7 Å². The molecule has 3 aromatic carbocycles. The van der Waals surface area contributed by atoms with E-state index in [0.717, 1.165) is 10.9 Å². The molecule has 0 unspecified atom stereocenters. The molecule has 0 bridgehead atoms. The van der Waals surface area contributed by atoms with E-state index in [0.29, 0.717) is 50.3 Å². The molecule has 7 nitrogen and oxygen atoms in total. The molecule has 4 aromatic rings. The number of hydrogen-bond donors (Lipinski definition) is 3. The van der Waals surface area contributed by atoms with Gasteiger partial charge < -0.3 is 20.7 Å². The molecular formula is C23H18Cl3N5O2. The minimum atomic E-state index is -0.285. The average molecular weight is 503 g/mol. The van der Waals surface area contributed by atoms with E-state index in [1.807, 2.05) is 19.1 Å². The van der Waals surface area contributed by atoms with Gasteiger partial charge in [0.15, 0.2) is 0 Å². The standard InChI is InChI=1S/C23H18Cl3N5O2/c1-2-27-23(32)31-13-3-7-20-16(9-13)22(29-12-28-20)30-14-4-8-21(19(26)10-14)33-15-5-6-17(24)18(25)11-15/h3-12H,2H2,1H3,(H2,27,31,32)(H,28,29,30). The Morgan fingerprint density at radius 1 is 0.909 bits per heavy atom. The lowest BCUT2D eigenvalue weighted by atomic mass is 10.2. The quantitative estimate of drug-likeness (QED) is 0.258. The molecular weight excluding hydrogens is 485 g/mol. The summed E-state index contributed by atoms with van der Waals surface area (Å²) in [7, 11) is 0. The van der Waals surface area contributed by atoms with E-state index in [2.05, 4.69) is 25.9 Å². The Labute approximate surface area is 205 Å². The van der Waals surface area contributed by atoms with Gasteiger partial charge in [-0.05, 0) is 55.5 Å². The Balaban J connectivity index is 1.56. The molecule has 2 amide bonds. The highest BCUT2D eigenvalue weighted by Crippen LogP contribution is 2.35. The second-order valence-corrected chi connectivity index (χ2v) is 8.11. The van der Waals surface area contributed by atoms with Gasteiger partial charge in [0.25, 0.3) is 0 Å². The molecule has 168 valence electrons. The van der Waals surface area contributed by atoms with Crippen molar-refractivity contribution >= 4 is 68.9 Å². The van der Waals surface area contributed by atoms with Gasteiger partial charge in [-0.25, -0.2) is 14.8 Å². The Bertz CT molecular complexity index is 1330. The summed E-state index contributed by atoms with van der Waals surface area (Å²) in [5, 5.41) is 10.7. The van der Waals surface area contributed by atoms with Crippen molar-refractivity contribution in [1.82, 2.24) is 15.3 Å². The molecule has 0 aliphatic carbocycles. The van der Waals surface area contributed by atoms with Crippen molar-refractivity contribution in [3.8, 4) is 11.5 Å². The number of halogens is 3. The second kappa shape index (κ2) is 10.1. The minimum Gasteiger partial charge on any atom is -0.456 e. The third-order valence-electron chi connectivity index (χ3n) is 4.54. The molecule has 0 spiro atoms. The summed E-state index contributed by atoms with van der Waals surface area (Å²) in [6.45, 7) is 2.38. The lowest BCUT2D eigenvalue weighted by molar-refractivity contribution is 0.252. The topological polar surface area (TPSA) is 88.2 Å². The fraction of sp³-hybridized carbons (Fsp3) is 0.0870. The number of carbonyl (C=O) groups is 1. The zero-order valence-electron chi connectivity index (χ0n) is 17.3. The Morgan fingerprint density at radius 3 is 2.48 bits per heavy atom. The summed E-state index contributed by atoms with van der Waals surface area (Å²) in [5.74, 6) is 1.54.